The first-order valence-corrected chi connectivity index (χ1v) is 4.69. The molecule has 0 heterocycles. The highest BCUT2D eigenvalue weighted by molar-refractivity contribution is 5.92. The first-order chi connectivity index (χ1) is 5.48. The van der Waals surface area contributed by atoms with Crippen molar-refractivity contribution in [3.05, 3.63) is 0 Å². The van der Waals surface area contributed by atoms with Gasteiger partial charge in [0.25, 0.3) is 0 Å². The van der Waals surface area contributed by atoms with Gasteiger partial charge in [0.05, 0.1) is 5.71 Å². The number of nitrogens with zero attached hydrogens (tertiary/aromatic N) is 1. The van der Waals surface area contributed by atoms with Crippen LogP contribution in [0.5, 0.6) is 0 Å². The number of fused-ring (bicyclic) bond motifs is 2. The van der Waals surface area contributed by atoms with E-state index in [1.165, 1.54) is 12.8 Å². The Balaban J connectivity index is 2.33. The molecule has 2 unspecified atom stereocenters. The monoisotopic (exact) mass is 167 g/mol. The standard InChI is InChI=1S/C10H17NO/c1-9(2)6-10(3)5-7(9)4-8(10)11-12/h7,12H,4-6H2,1-3H3. The van der Waals surface area contributed by atoms with Gasteiger partial charge in [-0.25, -0.2) is 0 Å². The summed E-state index contributed by atoms with van der Waals surface area (Å²) in [5, 5.41) is 12.2. The lowest BCUT2D eigenvalue weighted by Gasteiger charge is -2.33. The summed E-state index contributed by atoms with van der Waals surface area (Å²) >= 11 is 0. The summed E-state index contributed by atoms with van der Waals surface area (Å²) in [6.45, 7) is 6.89. The van der Waals surface area contributed by atoms with E-state index in [-0.39, 0.29) is 5.41 Å². The van der Waals surface area contributed by atoms with Crippen LogP contribution in [0.1, 0.15) is 40.0 Å². The van der Waals surface area contributed by atoms with E-state index in [0.717, 1.165) is 18.1 Å². The Morgan fingerprint density at radius 3 is 2.42 bits per heavy atom. The molecule has 1 N–H and O–H groups in total. The summed E-state index contributed by atoms with van der Waals surface area (Å²) in [7, 11) is 0. The number of hydrogen-bond acceptors (Lipinski definition) is 2. The molecule has 2 nitrogen and oxygen atoms in total. The zero-order valence-corrected chi connectivity index (χ0v) is 8.09. The molecule has 2 saturated carbocycles. The Bertz CT molecular complexity index is 244. The molecule has 0 spiro atoms. The minimum Gasteiger partial charge on any atom is -0.411 e. The molecule has 0 aromatic rings. The van der Waals surface area contributed by atoms with Gasteiger partial charge in [-0.15, -0.1) is 0 Å². The van der Waals surface area contributed by atoms with Crippen LogP contribution >= 0.6 is 0 Å². The maximum atomic E-state index is 8.81. The molecule has 0 aromatic heterocycles. The fourth-order valence-corrected chi connectivity index (χ4v) is 3.25. The van der Waals surface area contributed by atoms with E-state index in [4.69, 9.17) is 5.21 Å². The first kappa shape index (κ1) is 8.09. The third kappa shape index (κ3) is 0.838. The molecular weight excluding hydrogens is 150 g/mol. The molecule has 0 saturated heterocycles. The summed E-state index contributed by atoms with van der Waals surface area (Å²) in [5.74, 6) is 0.744. The fourth-order valence-electron chi connectivity index (χ4n) is 3.25. The van der Waals surface area contributed by atoms with Crippen LogP contribution in [0.25, 0.3) is 0 Å². The maximum Gasteiger partial charge on any atom is 0.0632 e. The normalized spacial score (nSPS) is 47.2. The lowest BCUT2D eigenvalue weighted by atomic mass is 9.72. The molecule has 2 atom stereocenters. The highest BCUT2D eigenvalue weighted by Crippen LogP contribution is 2.60. The topological polar surface area (TPSA) is 32.6 Å². The van der Waals surface area contributed by atoms with Gasteiger partial charge in [-0.2, -0.15) is 0 Å². The van der Waals surface area contributed by atoms with Gasteiger partial charge in [0.2, 0.25) is 0 Å². The van der Waals surface area contributed by atoms with Crippen LogP contribution < -0.4 is 0 Å². The molecule has 12 heavy (non-hydrogen) atoms. The van der Waals surface area contributed by atoms with Crippen LogP contribution in [-0.4, -0.2) is 10.9 Å². The molecule has 2 aliphatic carbocycles. The molecule has 0 aliphatic heterocycles. The summed E-state index contributed by atoms with van der Waals surface area (Å²) in [6, 6.07) is 0. The van der Waals surface area contributed by atoms with Gasteiger partial charge in [0.15, 0.2) is 0 Å². The highest BCUT2D eigenvalue weighted by Gasteiger charge is 2.55. The molecule has 2 bridgehead atoms. The lowest BCUT2D eigenvalue weighted by molar-refractivity contribution is 0.237. The Hall–Kier alpha value is -0.530. The van der Waals surface area contributed by atoms with E-state index < -0.39 is 0 Å². The zero-order chi connectivity index (χ0) is 8.98. The van der Waals surface area contributed by atoms with Crippen LogP contribution in [0.15, 0.2) is 5.16 Å². The predicted molar refractivity (Wildman–Crippen MR) is 48.5 cm³/mol. The number of oxime groups is 1. The second-order valence-corrected chi connectivity index (χ2v) is 5.38. The quantitative estimate of drug-likeness (QED) is 0.436. The minimum atomic E-state index is 0.211. The van der Waals surface area contributed by atoms with Crippen molar-refractivity contribution < 1.29 is 5.21 Å². The smallest absolute Gasteiger partial charge is 0.0632 e. The molecule has 2 rings (SSSR count). The molecule has 0 radical (unpaired) electrons. The average molecular weight is 167 g/mol. The molecule has 2 heteroatoms. The van der Waals surface area contributed by atoms with Crippen molar-refractivity contribution in [2.24, 2.45) is 21.9 Å². The summed E-state index contributed by atoms with van der Waals surface area (Å²) < 4.78 is 0. The third-order valence-electron chi connectivity index (χ3n) is 3.91. The van der Waals surface area contributed by atoms with Crippen molar-refractivity contribution in [2.75, 3.05) is 0 Å². The maximum absolute atomic E-state index is 8.81. The van der Waals surface area contributed by atoms with Gasteiger partial charge in [-0.1, -0.05) is 25.9 Å². The van der Waals surface area contributed by atoms with Crippen molar-refractivity contribution in [3.63, 3.8) is 0 Å². The van der Waals surface area contributed by atoms with E-state index >= 15 is 0 Å². The Morgan fingerprint density at radius 1 is 1.42 bits per heavy atom. The molecule has 2 fully saturated rings. The minimum absolute atomic E-state index is 0.211. The van der Waals surface area contributed by atoms with Gasteiger partial charge >= 0.3 is 0 Å². The Labute approximate surface area is 73.7 Å². The van der Waals surface area contributed by atoms with E-state index in [9.17, 15) is 0 Å². The highest BCUT2D eigenvalue weighted by atomic mass is 16.4. The van der Waals surface area contributed by atoms with Crippen LogP contribution in [0.2, 0.25) is 0 Å². The summed E-state index contributed by atoms with van der Waals surface area (Å²) in [4.78, 5) is 0. The average Bonchev–Trinajstić information content (AvgIpc) is 2.34. The van der Waals surface area contributed by atoms with Crippen molar-refractivity contribution in [1.29, 1.82) is 0 Å². The zero-order valence-electron chi connectivity index (χ0n) is 8.09. The second-order valence-electron chi connectivity index (χ2n) is 5.38. The van der Waals surface area contributed by atoms with Gasteiger partial charge in [0.1, 0.15) is 0 Å². The van der Waals surface area contributed by atoms with Gasteiger partial charge in [-0.3, -0.25) is 0 Å². The van der Waals surface area contributed by atoms with Gasteiger partial charge in [-0.05, 0) is 30.6 Å². The molecule has 2 aliphatic rings. The van der Waals surface area contributed by atoms with Crippen LogP contribution in [0.4, 0.5) is 0 Å². The number of rotatable bonds is 0. The molecular formula is C10H17NO. The van der Waals surface area contributed by atoms with Crippen molar-refractivity contribution in [2.45, 2.75) is 40.0 Å². The van der Waals surface area contributed by atoms with E-state index in [1.54, 1.807) is 0 Å². The Kier molecular flexibility index (Phi) is 1.37. The van der Waals surface area contributed by atoms with Crippen molar-refractivity contribution >= 4 is 5.71 Å². The van der Waals surface area contributed by atoms with Gasteiger partial charge < -0.3 is 5.21 Å². The molecule has 0 amide bonds. The summed E-state index contributed by atoms with van der Waals surface area (Å²) in [5.41, 5.74) is 1.71. The van der Waals surface area contributed by atoms with E-state index in [1.807, 2.05) is 0 Å². The largest absolute Gasteiger partial charge is 0.411 e. The SMILES string of the molecule is CC12CC(CC1=NO)C(C)(C)C2. The Morgan fingerprint density at radius 2 is 2.08 bits per heavy atom. The lowest BCUT2D eigenvalue weighted by Crippen LogP contribution is -2.30. The molecule has 0 aromatic carbocycles. The van der Waals surface area contributed by atoms with Gasteiger partial charge in [0, 0.05) is 5.41 Å². The van der Waals surface area contributed by atoms with Crippen LogP contribution in [0.3, 0.4) is 0 Å². The van der Waals surface area contributed by atoms with E-state index in [2.05, 4.69) is 25.9 Å². The second kappa shape index (κ2) is 2.04. The number of hydrogen-bond donors (Lipinski definition) is 1. The van der Waals surface area contributed by atoms with Crippen molar-refractivity contribution in [3.8, 4) is 0 Å². The predicted octanol–water partition coefficient (Wildman–Crippen LogP) is 2.66. The molecule has 68 valence electrons. The fraction of sp³-hybridized carbons (Fsp3) is 0.900. The van der Waals surface area contributed by atoms with Crippen LogP contribution in [-0.2, 0) is 0 Å². The van der Waals surface area contributed by atoms with Crippen LogP contribution in [0, 0.1) is 16.7 Å². The van der Waals surface area contributed by atoms with Crippen molar-refractivity contribution in [1.82, 2.24) is 0 Å². The summed E-state index contributed by atoms with van der Waals surface area (Å²) in [6.07, 6.45) is 3.42. The van der Waals surface area contributed by atoms with E-state index in [0.29, 0.717) is 5.41 Å². The third-order valence-corrected chi connectivity index (χ3v) is 3.91. The first-order valence-electron chi connectivity index (χ1n) is 4.69.